The van der Waals surface area contributed by atoms with E-state index in [0.717, 1.165) is 0 Å². The van der Waals surface area contributed by atoms with Gasteiger partial charge in [0.2, 0.25) is 0 Å². The molecule has 0 heterocycles. The first-order chi connectivity index (χ1) is 6.62. The molecule has 0 aromatic heterocycles. The number of carbonyl (C=O) groups is 2. The number of nitrogens with one attached hydrogen (secondary N) is 1. The number of methoxy groups -OCH3 is 1. The van der Waals surface area contributed by atoms with Crippen LogP contribution in [0.15, 0.2) is 0 Å². The maximum atomic E-state index is 11.2. The molecule has 1 N–H and O–H groups in total. The Morgan fingerprint density at radius 1 is 1.13 bits per heavy atom. The summed E-state index contributed by atoms with van der Waals surface area (Å²) in [5.74, 6) is -1.53. The predicted octanol–water partition coefficient (Wildman–Crippen LogP) is 1.35. The Kier molecular flexibility index (Phi) is 4.31. The summed E-state index contributed by atoms with van der Waals surface area (Å²) >= 11 is 0. The van der Waals surface area contributed by atoms with Crippen LogP contribution in [-0.2, 0) is 14.3 Å². The van der Waals surface area contributed by atoms with Crippen LogP contribution in [0.1, 0.15) is 34.6 Å². The van der Waals surface area contributed by atoms with Crippen molar-refractivity contribution >= 4 is 11.9 Å². The lowest BCUT2D eigenvalue weighted by molar-refractivity contribution is -0.153. The molecule has 0 radical (unpaired) electrons. The monoisotopic (exact) mass is 215 g/mol. The summed E-state index contributed by atoms with van der Waals surface area (Å²) in [6, 6.07) is 0. The largest absolute Gasteiger partial charge is 0.462 e. The van der Waals surface area contributed by atoms with Gasteiger partial charge in [-0.3, -0.25) is 4.79 Å². The highest BCUT2D eigenvalue weighted by Crippen LogP contribution is 2.36. The molecule has 0 saturated carbocycles. The van der Waals surface area contributed by atoms with Crippen LogP contribution in [0.3, 0.4) is 0 Å². The van der Waals surface area contributed by atoms with Crippen molar-refractivity contribution in [1.82, 2.24) is 5.32 Å². The van der Waals surface area contributed by atoms with E-state index in [1.165, 1.54) is 7.11 Å². The first-order valence-corrected chi connectivity index (χ1v) is 4.98. The molecular weight excluding hydrogens is 194 g/mol. The van der Waals surface area contributed by atoms with E-state index < -0.39 is 11.9 Å². The van der Waals surface area contributed by atoms with E-state index >= 15 is 0 Å². The number of carbonyl (C=O) groups excluding carboxylic acids is 2. The Bertz CT molecular complexity index is 251. The zero-order valence-corrected chi connectivity index (χ0v) is 10.4. The van der Waals surface area contributed by atoms with Crippen LogP contribution < -0.4 is 5.32 Å². The maximum absolute atomic E-state index is 11.2. The van der Waals surface area contributed by atoms with Gasteiger partial charge in [0.1, 0.15) is 0 Å². The molecule has 0 aromatic rings. The molecule has 0 aromatic carbocycles. The molecule has 0 fully saturated rings. The van der Waals surface area contributed by atoms with Crippen molar-refractivity contribution in [1.29, 1.82) is 0 Å². The highest BCUT2D eigenvalue weighted by atomic mass is 16.5. The lowest BCUT2D eigenvalue weighted by Gasteiger charge is -2.38. The minimum absolute atomic E-state index is 0.0520. The average Bonchev–Trinajstić information content (AvgIpc) is 2.11. The van der Waals surface area contributed by atoms with Crippen molar-refractivity contribution in [2.75, 3.05) is 13.7 Å². The maximum Gasteiger partial charge on any atom is 0.396 e. The molecule has 88 valence electrons. The van der Waals surface area contributed by atoms with Gasteiger partial charge in [-0.25, -0.2) is 4.79 Å². The normalized spacial score (nSPS) is 12.1. The third kappa shape index (κ3) is 3.90. The smallest absolute Gasteiger partial charge is 0.396 e. The Labute approximate surface area is 91.4 Å². The van der Waals surface area contributed by atoms with Crippen molar-refractivity contribution < 1.29 is 14.3 Å². The summed E-state index contributed by atoms with van der Waals surface area (Å²) in [6.07, 6.45) is 0. The van der Waals surface area contributed by atoms with Gasteiger partial charge in [0, 0.05) is 6.54 Å². The summed E-state index contributed by atoms with van der Waals surface area (Å²) < 4.78 is 4.31. The summed E-state index contributed by atoms with van der Waals surface area (Å²) in [7, 11) is 1.19. The lowest BCUT2D eigenvalue weighted by Crippen LogP contribution is -2.44. The molecule has 15 heavy (non-hydrogen) atoms. The summed E-state index contributed by atoms with van der Waals surface area (Å²) in [5.41, 5.74) is -0.0346. The van der Waals surface area contributed by atoms with Gasteiger partial charge in [-0.1, -0.05) is 34.6 Å². The number of amides is 1. The van der Waals surface area contributed by atoms with Gasteiger partial charge >= 0.3 is 11.9 Å². The summed E-state index contributed by atoms with van der Waals surface area (Å²) in [6.45, 7) is 10.8. The molecule has 4 nitrogen and oxygen atoms in total. The van der Waals surface area contributed by atoms with Gasteiger partial charge < -0.3 is 10.1 Å². The van der Waals surface area contributed by atoms with Crippen molar-refractivity contribution in [3.8, 4) is 0 Å². The number of hydrogen-bond acceptors (Lipinski definition) is 3. The second-order valence-electron chi connectivity index (χ2n) is 5.31. The van der Waals surface area contributed by atoms with Gasteiger partial charge in [-0.2, -0.15) is 0 Å². The molecule has 0 bridgehead atoms. The zero-order valence-electron chi connectivity index (χ0n) is 10.4. The molecule has 0 aliphatic rings. The summed E-state index contributed by atoms with van der Waals surface area (Å²) in [4.78, 5) is 22.0. The molecule has 0 spiro atoms. The van der Waals surface area contributed by atoms with Crippen LogP contribution in [-0.4, -0.2) is 25.5 Å². The molecule has 1 amide bonds. The Hall–Kier alpha value is -1.06. The van der Waals surface area contributed by atoms with Crippen LogP contribution in [0.25, 0.3) is 0 Å². The van der Waals surface area contributed by atoms with Gasteiger partial charge in [0.15, 0.2) is 0 Å². The van der Waals surface area contributed by atoms with Crippen molar-refractivity contribution in [3.63, 3.8) is 0 Å². The van der Waals surface area contributed by atoms with Crippen molar-refractivity contribution in [2.45, 2.75) is 34.6 Å². The van der Waals surface area contributed by atoms with Crippen molar-refractivity contribution in [3.05, 3.63) is 0 Å². The van der Waals surface area contributed by atoms with E-state index in [0.29, 0.717) is 6.54 Å². The minimum Gasteiger partial charge on any atom is -0.462 e. The Morgan fingerprint density at radius 3 is 1.93 bits per heavy atom. The van der Waals surface area contributed by atoms with Crippen LogP contribution in [0.2, 0.25) is 0 Å². The van der Waals surface area contributed by atoms with Gasteiger partial charge in [-0.05, 0) is 10.8 Å². The first kappa shape index (κ1) is 13.9. The van der Waals surface area contributed by atoms with E-state index in [1.807, 2.05) is 13.8 Å². The van der Waals surface area contributed by atoms with E-state index in [2.05, 4.69) is 30.8 Å². The zero-order chi connectivity index (χ0) is 12.3. The number of ether oxygens (including phenoxy) is 1. The number of hydrogen-bond donors (Lipinski definition) is 1. The minimum atomic E-state index is -0.847. The van der Waals surface area contributed by atoms with E-state index in [4.69, 9.17) is 0 Å². The topological polar surface area (TPSA) is 55.4 Å². The Balaban J connectivity index is 4.28. The fourth-order valence-electron chi connectivity index (χ4n) is 0.731. The predicted molar refractivity (Wildman–Crippen MR) is 58.3 cm³/mol. The molecular formula is C11H21NO3. The first-order valence-electron chi connectivity index (χ1n) is 4.98. The van der Waals surface area contributed by atoms with E-state index in [1.54, 1.807) is 0 Å². The SMILES string of the molecule is COC(=O)C(=O)NCC(C)(C)C(C)(C)C. The van der Waals surface area contributed by atoms with Gasteiger partial charge in [-0.15, -0.1) is 0 Å². The summed E-state index contributed by atoms with van der Waals surface area (Å²) in [5, 5.41) is 2.57. The number of rotatable bonds is 2. The molecule has 0 aliphatic carbocycles. The molecule has 0 atom stereocenters. The molecule has 0 saturated heterocycles. The molecule has 4 heteroatoms. The quantitative estimate of drug-likeness (QED) is 0.559. The van der Waals surface area contributed by atoms with Crippen LogP contribution >= 0.6 is 0 Å². The molecule has 0 rings (SSSR count). The van der Waals surface area contributed by atoms with Crippen LogP contribution in [0.5, 0.6) is 0 Å². The second kappa shape index (κ2) is 4.64. The van der Waals surface area contributed by atoms with Gasteiger partial charge in [0.25, 0.3) is 0 Å². The lowest BCUT2D eigenvalue weighted by atomic mass is 9.69. The number of esters is 1. The van der Waals surface area contributed by atoms with E-state index in [-0.39, 0.29) is 10.8 Å². The second-order valence-corrected chi connectivity index (χ2v) is 5.31. The van der Waals surface area contributed by atoms with Gasteiger partial charge in [0.05, 0.1) is 7.11 Å². The molecule has 0 aliphatic heterocycles. The van der Waals surface area contributed by atoms with E-state index in [9.17, 15) is 9.59 Å². The highest BCUT2D eigenvalue weighted by molar-refractivity contribution is 6.32. The van der Waals surface area contributed by atoms with Crippen LogP contribution in [0, 0.1) is 10.8 Å². The molecule has 0 unspecified atom stereocenters. The fourth-order valence-corrected chi connectivity index (χ4v) is 0.731. The fraction of sp³-hybridized carbons (Fsp3) is 0.818. The average molecular weight is 215 g/mol. The third-order valence-corrected chi connectivity index (χ3v) is 3.09. The van der Waals surface area contributed by atoms with Crippen molar-refractivity contribution in [2.24, 2.45) is 10.8 Å². The Morgan fingerprint density at radius 2 is 1.60 bits per heavy atom. The third-order valence-electron chi connectivity index (χ3n) is 3.09. The highest BCUT2D eigenvalue weighted by Gasteiger charge is 2.33. The van der Waals surface area contributed by atoms with Crippen LogP contribution in [0.4, 0.5) is 0 Å². The standard InChI is InChI=1S/C11H21NO3/c1-10(2,3)11(4,5)7-12-8(13)9(14)15-6/h7H2,1-6H3,(H,12,13).